The van der Waals surface area contributed by atoms with Crippen molar-refractivity contribution in [2.24, 2.45) is 5.92 Å². The number of amides is 2. The van der Waals surface area contributed by atoms with Crippen LogP contribution in [0.1, 0.15) is 43.0 Å². The number of hydrogen-bond donors (Lipinski definition) is 1. The largest absolute Gasteiger partial charge is 0.354 e. The summed E-state index contributed by atoms with van der Waals surface area (Å²) in [6, 6.07) is 20.4. The number of carbonyl (C=O) groups is 2. The highest BCUT2D eigenvalue weighted by Crippen LogP contribution is 2.26. The van der Waals surface area contributed by atoms with Gasteiger partial charge in [0.15, 0.2) is 0 Å². The van der Waals surface area contributed by atoms with Gasteiger partial charge in [0.25, 0.3) is 10.0 Å². The number of aryl methyl sites for hydroxylation is 3. The molecule has 0 radical (unpaired) electrons. The summed E-state index contributed by atoms with van der Waals surface area (Å²) in [6.07, 6.45) is 0. The van der Waals surface area contributed by atoms with Crippen LogP contribution in [0, 0.1) is 26.7 Å². The van der Waals surface area contributed by atoms with Gasteiger partial charge in [0, 0.05) is 13.1 Å². The molecule has 7 nitrogen and oxygen atoms in total. The van der Waals surface area contributed by atoms with Crippen LogP contribution in [0.2, 0.25) is 0 Å². The Morgan fingerprint density at radius 2 is 1.46 bits per heavy atom. The molecule has 1 N–H and O–H groups in total. The van der Waals surface area contributed by atoms with Crippen LogP contribution in [0.25, 0.3) is 0 Å². The Labute approximate surface area is 232 Å². The van der Waals surface area contributed by atoms with Crippen LogP contribution in [0.5, 0.6) is 0 Å². The summed E-state index contributed by atoms with van der Waals surface area (Å²) in [6.45, 7) is 11.6. The van der Waals surface area contributed by atoms with Gasteiger partial charge < -0.3 is 10.2 Å². The SMILES string of the molecule is Cc1cccc(CN(C(=O)CN(c2cc(C)cc(C)c2)S(=O)(=O)c2ccccc2)[C@H](C)C(=O)NCC(C)C)c1. The fraction of sp³-hybridized carbons (Fsp3) is 0.355. The molecular weight excluding hydrogens is 510 g/mol. The van der Waals surface area contributed by atoms with E-state index in [1.165, 1.54) is 17.0 Å². The zero-order valence-electron chi connectivity index (χ0n) is 23.6. The van der Waals surface area contributed by atoms with Gasteiger partial charge in [-0.25, -0.2) is 8.42 Å². The van der Waals surface area contributed by atoms with E-state index in [0.717, 1.165) is 26.6 Å². The summed E-state index contributed by atoms with van der Waals surface area (Å²) < 4.78 is 28.9. The van der Waals surface area contributed by atoms with Crippen molar-refractivity contribution in [2.75, 3.05) is 17.4 Å². The van der Waals surface area contributed by atoms with E-state index >= 15 is 0 Å². The van der Waals surface area contributed by atoms with Gasteiger partial charge in [0.2, 0.25) is 11.8 Å². The molecule has 0 fully saturated rings. The van der Waals surface area contributed by atoms with E-state index in [1.54, 1.807) is 37.3 Å². The molecule has 0 saturated carbocycles. The molecule has 3 aromatic carbocycles. The normalized spacial score (nSPS) is 12.2. The summed E-state index contributed by atoms with van der Waals surface area (Å²) >= 11 is 0. The highest BCUT2D eigenvalue weighted by atomic mass is 32.2. The predicted octanol–water partition coefficient (Wildman–Crippen LogP) is 5.00. The summed E-state index contributed by atoms with van der Waals surface area (Å²) in [5, 5.41) is 2.91. The monoisotopic (exact) mass is 549 g/mol. The van der Waals surface area contributed by atoms with Crippen molar-refractivity contribution in [1.82, 2.24) is 10.2 Å². The van der Waals surface area contributed by atoms with Gasteiger partial charge in [-0.1, -0.05) is 67.9 Å². The van der Waals surface area contributed by atoms with Crippen LogP contribution in [0.3, 0.4) is 0 Å². The fourth-order valence-corrected chi connectivity index (χ4v) is 5.80. The lowest BCUT2D eigenvalue weighted by Crippen LogP contribution is -2.51. The van der Waals surface area contributed by atoms with Crippen molar-refractivity contribution in [2.45, 2.75) is 59.0 Å². The number of nitrogens with zero attached hydrogens (tertiary/aromatic N) is 2. The maximum Gasteiger partial charge on any atom is 0.264 e. The second-order valence-corrected chi connectivity index (χ2v) is 12.4. The number of anilines is 1. The molecule has 39 heavy (non-hydrogen) atoms. The molecule has 0 aromatic heterocycles. The number of nitrogens with one attached hydrogen (secondary N) is 1. The molecule has 2 amide bonds. The number of sulfonamides is 1. The maximum atomic E-state index is 14.0. The Bertz CT molecular complexity index is 1380. The van der Waals surface area contributed by atoms with E-state index < -0.39 is 28.5 Å². The van der Waals surface area contributed by atoms with Crippen molar-refractivity contribution in [3.05, 3.63) is 95.1 Å². The molecule has 0 bridgehead atoms. The van der Waals surface area contributed by atoms with Crippen molar-refractivity contribution in [3.63, 3.8) is 0 Å². The van der Waals surface area contributed by atoms with Crippen molar-refractivity contribution in [1.29, 1.82) is 0 Å². The molecule has 208 valence electrons. The van der Waals surface area contributed by atoms with Crippen molar-refractivity contribution < 1.29 is 18.0 Å². The smallest absolute Gasteiger partial charge is 0.264 e. The van der Waals surface area contributed by atoms with Crippen LogP contribution in [0.15, 0.2) is 77.7 Å². The van der Waals surface area contributed by atoms with Gasteiger partial charge in [-0.2, -0.15) is 0 Å². The zero-order chi connectivity index (χ0) is 28.7. The summed E-state index contributed by atoms with van der Waals surface area (Å²) in [5.74, 6) is -0.505. The minimum absolute atomic E-state index is 0.0879. The molecule has 0 saturated heterocycles. The lowest BCUT2D eigenvalue weighted by molar-refractivity contribution is -0.139. The van der Waals surface area contributed by atoms with Crippen molar-refractivity contribution >= 4 is 27.5 Å². The van der Waals surface area contributed by atoms with Gasteiger partial charge in [0.05, 0.1) is 10.6 Å². The summed E-state index contributed by atoms with van der Waals surface area (Å²) in [7, 11) is -4.08. The lowest BCUT2D eigenvalue weighted by Gasteiger charge is -2.32. The third kappa shape index (κ3) is 7.93. The third-order valence-corrected chi connectivity index (χ3v) is 8.18. The van der Waals surface area contributed by atoms with Crippen molar-refractivity contribution in [3.8, 4) is 0 Å². The second kappa shape index (κ2) is 12.9. The molecule has 3 aromatic rings. The van der Waals surface area contributed by atoms with E-state index in [2.05, 4.69) is 5.32 Å². The van der Waals surface area contributed by atoms with E-state index in [-0.39, 0.29) is 23.3 Å². The van der Waals surface area contributed by atoms with Crippen LogP contribution in [-0.2, 0) is 26.2 Å². The topological polar surface area (TPSA) is 86.8 Å². The van der Waals surface area contributed by atoms with Crippen LogP contribution >= 0.6 is 0 Å². The molecule has 0 spiro atoms. The summed E-state index contributed by atoms with van der Waals surface area (Å²) in [4.78, 5) is 28.6. The van der Waals surface area contributed by atoms with Gasteiger partial charge in [-0.05, 0) is 74.6 Å². The first kappa shape index (κ1) is 29.9. The molecule has 0 aliphatic carbocycles. The minimum Gasteiger partial charge on any atom is -0.354 e. The highest BCUT2D eigenvalue weighted by Gasteiger charge is 2.32. The highest BCUT2D eigenvalue weighted by molar-refractivity contribution is 7.92. The third-order valence-electron chi connectivity index (χ3n) is 6.39. The Hall–Kier alpha value is -3.65. The quantitative estimate of drug-likeness (QED) is 0.365. The maximum absolute atomic E-state index is 14.0. The van der Waals surface area contributed by atoms with Gasteiger partial charge in [-0.3, -0.25) is 13.9 Å². The second-order valence-electron chi connectivity index (χ2n) is 10.5. The number of benzene rings is 3. The van der Waals surface area contributed by atoms with E-state index in [9.17, 15) is 18.0 Å². The first-order valence-electron chi connectivity index (χ1n) is 13.2. The van der Waals surface area contributed by atoms with E-state index in [4.69, 9.17) is 0 Å². The molecule has 0 aliphatic heterocycles. The Morgan fingerprint density at radius 3 is 2.05 bits per heavy atom. The van der Waals surface area contributed by atoms with Gasteiger partial charge in [-0.15, -0.1) is 0 Å². The lowest BCUT2D eigenvalue weighted by atomic mass is 10.1. The minimum atomic E-state index is -4.08. The van der Waals surface area contributed by atoms with Crippen LogP contribution < -0.4 is 9.62 Å². The summed E-state index contributed by atoms with van der Waals surface area (Å²) in [5.41, 5.74) is 4.04. The fourth-order valence-electron chi connectivity index (χ4n) is 4.39. The molecule has 0 heterocycles. The van der Waals surface area contributed by atoms with Crippen LogP contribution in [-0.4, -0.2) is 44.3 Å². The number of rotatable bonds is 11. The first-order chi connectivity index (χ1) is 18.4. The van der Waals surface area contributed by atoms with Gasteiger partial charge in [0.1, 0.15) is 12.6 Å². The molecular formula is C31H39N3O4S. The Balaban J connectivity index is 2.03. The Kier molecular flexibility index (Phi) is 9.92. The van der Waals surface area contributed by atoms with Gasteiger partial charge >= 0.3 is 0 Å². The predicted molar refractivity (Wildman–Crippen MR) is 156 cm³/mol. The van der Waals surface area contributed by atoms with Crippen LogP contribution in [0.4, 0.5) is 5.69 Å². The molecule has 8 heteroatoms. The number of hydrogen-bond acceptors (Lipinski definition) is 4. The first-order valence-corrected chi connectivity index (χ1v) is 14.6. The Morgan fingerprint density at radius 1 is 0.821 bits per heavy atom. The zero-order valence-corrected chi connectivity index (χ0v) is 24.5. The molecule has 0 unspecified atom stereocenters. The van der Waals surface area contributed by atoms with E-state index in [0.29, 0.717) is 12.2 Å². The van der Waals surface area contributed by atoms with E-state index in [1.807, 2.05) is 65.0 Å². The molecule has 0 aliphatic rings. The average Bonchev–Trinajstić information content (AvgIpc) is 2.88. The molecule has 3 rings (SSSR count). The standard InChI is InChI=1S/C31H39N3O4S/c1-22(2)19-32-31(36)26(6)33(20-27-12-10-11-23(3)16-27)30(35)21-34(28-17-24(4)15-25(5)18-28)39(37,38)29-13-8-7-9-14-29/h7-18,22,26H,19-21H2,1-6H3,(H,32,36)/t26-/m1/s1. The molecule has 1 atom stereocenters. The average molecular weight is 550 g/mol. The number of carbonyl (C=O) groups excluding carboxylic acids is 2.